The molecule has 0 bridgehead atoms. The molecule has 4 aromatic rings. The number of benzene rings is 3. The van der Waals surface area contributed by atoms with Crippen LogP contribution in [0.25, 0.3) is 10.9 Å². The molecule has 164 valence electrons. The van der Waals surface area contributed by atoms with E-state index in [4.69, 9.17) is 11.6 Å². The third-order valence-corrected chi connectivity index (χ3v) is 7.23. The molecule has 0 aliphatic rings. The minimum Gasteiger partial charge on any atom is -0.337 e. The molecule has 1 heterocycles. The van der Waals surface area contributed by atoms with E-state index < -0.39 is 21.4 Å². The van der Waals surface area contributed by atoms with Crippen LogP contribution in [-0.4, -0.2) is 18.9 Å². The van der Waals surface area contributed by atoms with E-state index in [0.29, 0.717) is 16.6 Å². The molecule has 1 N–H and O–H groups in total. The monoisotopic (exact) mass is 470 g/mol. The van der Waals surface area contributed by atoms with Gasteiger partial charge in [-0.2, -0.15) is 0 Å². The summed E-state index contributed by atoms with van der Waals surface area (Å²) in [6.07, 6.45) is 1.42. The van der Waals surface area contributed by atoms with Crippen molar-refractivity contribution >= 4 is 43.9 Å². The van der Waals surface area contributed by atoms with E-state index in [2.05, 4.69) is 5.32 Å². The molecule has 0 unspecified atom stereocenters. The molecule has 0 atom stereocenters. The zero-order valence-corrected chi connectivity index (χ0v) is 18.8. The lowest BCUT2D eigenvalue weighted by Crippen LogP contribution is -2.18. The van der Waals surface area contributed by atoms with E-state index >= 15 is 0 Å². The first-order chi connectivity index (χ1) is 15.3. The van der Waals surface area contributed by atoms with Crippen LogP contribution in [0.3, 0.4) is 0 Å². The minimum absolute atomic E-state index is 0.0242. The number of fused-ring (bicyclic) bond motifs is 1. The highest BCUT2D eigenvalue weighted by Gasteiger charge is 2.25. The average molecular weight is 471 g/mol. The van der Waals surface area contributed by atoms with Gasteiger partial charge in [0.15, 0.2) is 9.84 Å². The Labute approximate surface area is 190 Å². The van der Waals surface area contributed by atoms with Crippen LogP contribution in [0.4, 0.5) is 10.1 Å². The quantitative estimate of drug-likeness (QED) is 0.412. The predicted octanol–water partition coefficient (Wildman–Crippen LogP) is 5.35. The van der Waals surface area contributed by atoms with Crippen LogP contribution in [0.1, 0.15) is 11.1 Å². The first kappa shape index (κ1) is 22.0. The number of sulfone groups is 1. The van der Waals surface area contributed by atoms with Gasteiger partial charge in [0, 0.05) is 33.4 Å². The molecule has 0 saturated carbocycles. The lowest BCUT2D eigenvalue weighted by molar-refractivity contribution is -0.116. The number of anilines is 1. The second kappa shape index (κ2) is 8.76. The van der Waals surface area contributed by atoms with Crippen LogP contribution in [0.15, 0.2) is 77.8 Å². The van der Waals surface area contributed by atoms with Gasteiger partial charge in [-0.25, -0.2) is 12.8 Å². The first-order valence-electron chi connectivity index (χ1n) is 9.85. The molecule has 3 aromatic carbocycles. The van der Waals surface area contributed by atoms with Crippen LogP contribution in [-0.2, 0) is 26.9 Å². The molecule has 32 heavy (non-hydrogen) atoms. The fourth-order valence-electron chi connectivity index (χ4n) is 3.59. The van der Waals surface area contributed by atoms with Crippen LogP contribution < -0.4 is 5.32 Å². The number of halogens is 2. The molecule has 1 amide bonds. The predicted molar refractivity (Wildman–Crippen MR) is 124 cm³/mol. The molecule has 8 heteroatoms. The third kappa shape index (κ3) is 4.40. The van der Waals surface area contributed by atoms with Crippen molar-refractivity contribution in [2.45, 2.75) is 24.1 Å². The Hall–Kier alpha value is -3.16. The second-order valence-electron chi connectivity index (χ2n) is 7.46. The summed E-state index contributed by atoms with van der Waals surface area (Å²) in [4.78, 5) is 12.7. The van der Waals surface area contributed by atoms with Gasteiger partial charge in [-0.15, -0.1) is 0 Å². The van der Waals surface area contributed by atoms with Crippen molar-refractivity contribution in [3.63, 3.8) is 0 Å². The van der Waals surface area contributed by atoms with Gasteiger partial charge in [0.1, 0.15) is 12.4 Å². The number of carbonyl (C=O) groups excluding carboxylic acids is 1. The van der Waals surface area contributed by atoms with Gasteiger partial charge in [0.2, 0.25) is 5.91 Å². The van der Waals surface area contributed by atoms with Crippen molar-refractivity contribution in [1.82, 2.24) is 4.57 Å². The molecule has 1 aromatic heterocycles. The molecule has 0 spiro atoms. The van der Waals surface area contributed by atoms with Gasteiger partial charge in [0.25, 0.3) is 0 Å². The van der Waals surface area contributed by atoms with Crippen molar-refractivity contribution in [3.8, 4) is 0 Å². The topological polar surface area (TPSA) is 68.2 Å². The van der Waals surface area contributed by atoms with E-state index in [9.17, 15) is 17.6 Å². The maximum atomic E-state index is 14.2. The third-order valence-electron chi connectivity index (χ3n) is 5.22. The second-order valence-corrected chi connectivity index (χ2v) is 9.83. The standard InChI is InChI=1S/C24H20ClFN2O3S/c1-16-7-2-4-11-21(16)27-24(29)14-28-13-23(17-8-3-5-12-22(17)28)32(30,31)15-18-19(25)9-6-10-20(18)26/h2-13H,14-15H2,1H3,(H,27,29). The maximum Gasteiger partial charge on any atom is 0.244 e. The van der Waals surface area contributed by atoms with E-state index in [1.54, 1.807) is 34.9 Å². The summed E-state index contributed by atoms with van der Waals surface area (Å²) in [5.41, 5.74) is 2.12. The zero-order valence-electron chi connectivity index (χ0n) is 17.2. The van der Waals surface area contributed by atoms with E-state index in [1.165, 1.54) is 24.4 Å². The van der Waals surface area contributed by atoms with Crippen molar-refractivity contribution in [3.05, 3.63) is 94.9 Å². The Morgan fingerprint density at radius 3 is 2.50 bits per heavy atom. The summed E-state index contributed by atoms with van der Waals surface area (Å²) >= 11 is 6.04. The van der Waals surface area contributed by atoms with Crippen molar-refractivity contribution in [2.75, 3.05) is 5.32 Å². The summed E-state index contributed by atoms with van der Waals surface area (Å²) in [6.45, 7) is 1.81. The molecule has 0 saturated heterocycles. The fraction of sp³-hybridized carbons (Fsp3) is 0.125. The smallest absolute Gasteiger partial charge is 0.244 e. The Kier molecular flexibility index (Phi) is 6.04. The number of para-hydroxylation sites is 2. The SMILES string of the molecule is Cc1ccccc1NC(=O)Cn1cc(S(=O)(=O)Cc2c(F)cccc2Cl)c2ccccc21. The minimum atomic E-state index is -3.94. The number of hydrogen-bond acceptors (Lipinski definition) is 3. The maximum absolute atomic E-state index is 14.2. The van der Waals surface area contributed by atoms with Crippen LogP contribution in [0.5, 0.6) is 0 Å². The number of hydrogen-bond donors (Lipinski definition) is 1. The highest BCUT2D eigenvalue weighted by Crippen LogP contribution is 2.30. The molecule has 5 nitrogen and oxygen atoms in total. The van der Waals surface area contributed by atoms with Crippen molar-refractivity contribution < 1.29 is 17.6 Å². The summed E-state index contributed by atoms with van der Waals surface area (Å²) < 4.78 is 42.2. The van der Waals surface area contributed by atoms with Crippen molar-refractivity contribution in [2.24, 2.45) is 0 Å². The fourth-order valence-corrected chi connectivity index (χ4v) is 5.52. The number of carbonyl (C=O) groups is 1. The van der Waals surface area contributed by atoms with Gasteiger partial charge in [-0.05, 0) is 36.8 Å². The van der Waals surface area contributed by atoms with Gasteiger partial charge in [-0.3, -0.25) is 4.79 Å². The lowest BCUT2D eigenvalue weighted by atomic mass is 10.2. The van der Waals surface area contributed by atoms with E-state index in [1.807, 2.05) is 25.1 Å². The highest BCUT2D eigenvalue weighted by atomic mass is 35.5. The Morgan fingerprint density at radius 2 is 1.75 bits per heavy atom. The Balaban J connectivity index is 1.68. The van der Waals surface area contributed by atoms with Crippen LogP contribution in [0.2, 0.25) is 5.02 Å². The molecular weight excluding hydrogens is 451 g/mol. The number of rotatable bonds is 6. The number of amides is 1. The first-order valence-corrected chi connectivity index (χ1v) is 11.9. The molecule has 0 aliphatic carbocycles. The Bertz CT molecular complexity index is 1410. The van der Waals surface area contributed by atoms with Gasteiger partial charge in [0.05, 0.1) is 10.6 Å². The number of aromatic nitrogens is 1. The lowest BCUT2D eigenvalue weighted by Gasteiger charge is -2.09. The van der Waals surface area contributed by atoms with Crippen LogP contribution in [0, 0.1) is 12.7 Å². The van der Waals surface area contributed by atoms with Gasteiger partial charge >= 0.3 is 0 Å². The number of nitrogens with one attached hydrogen (secondary N) is 1. The summed E-state index contributed by atoms with van der Waals surface area (Å²) in [5.74, 6) is -1.55. The largest absolute Gasteiger partial charge is 0.337 e. The number of aryl methyl sites for hydroxylation is 1. The molecule has 0 radical (unpaired) electrons. The molecule has 0 aliphatic heterocycles. The average Bonchev–Trinajstić information content (AvgIpc) is 3.12. The summed E-state index contributed by atoms with van der Waals surface area (Å²) in [5, 5.41) is 3.36. The summed E-state index contributed by atoms with van der Waals surface area (Å²) in [6, 6.07) is 18.3. The van der Waals surface area contributed by atoms with E-state index in [0.717, 1.165) is 5.56 Å². The molecule has 0 fully saturated rings. The van der Waals surface area contributed by atoms with Crippen LogP contribution >= 0.6 is 11.6 Å². The molecular formula is C24H20ClFN2O3S. The zero-order chi connectivity index (χ0) is 22.9. The van der Waals surface area contributed by atoms with Gasteiger partial charge < -0.3 is 9.88 Å². The van der Waals surface area contributed by atoms with E-state index in [-0.39, 0.29) is 27.9 Å². The summed E-state index contributed by atoms with van der Waals surface area (Å²) in [7, 11) is -3.94. The van der Waals surface area contributed by atoms with Crippen molar-refractivity contribution in [1.29, 1.82) is 0 Å². The highest BCUT2D eigenvalue weighted by molar-refractivity contribution is 7.90. The van der Waals surface area contributed by atoms with Gasteiger partial charge in [-0.1, -0.05) is 54.1 Å². The number of nitrogens with zero attached hydrogens (tertiary/aromatic N) is 1. The normalized spacial score (nSPS) is 11.6. The Morgan fingerprint density at radius 1 is 1.03 bits per heavy atom. The molecule has 4 rings (SSSR count).